The summed E-state index contributed by atoms with van der Waals surface area (Å²) in [6.07, 6.45) is 4.88. The number of thioether (sulfide) groups is 1. The third-order valence-corrected chi connectivity index (χ3v) is 4.26. The summed E-state index contributed by atoms with van der Waals surface area (Å²) in [6.45, 7) is 1.53. The van der Waals surface area contributed by atoms with Gasteiger partial charge in [0.15, 0.2) is 0 Å². The topological polar surface area (TPSA) is 46.3 Å². The van der Waals surface area contributed by atoms with Gasteiger partial charge >= 0.3 is 0 Å². The molecule has 1 aromatic carbocycles. The molecule has 1 unspecified atom stereocenters. The lowest BCUT2D eigenvalue weighted by Crippen LogP contribution is -2.43. The van der Waals surface area contributed by atoms with Crippen molar-refractivity contribution < 1.29 is 4.79 Å². The summed E-state index contributed by atoms with van der Waals surface area (Å²) in [7, 11) is 0. The molecule has 5 heteroatoms. The number of hydrogen-bond acceptors (Lipinski definition) is 3. The summed E-state index contributed by atoms with van der Waals surface area (Å²) in [6, 6.07) is 8.05. The number of amides is 1. The largest absolute Gasteiger partial charge is 0.337 e. The molecule has 2 rings (SSSR count). The van der Waals surface area contributed by atoms with Gasteiger partial charge in [0.05, 0.1) is 6.04 Å². The molecule has 1 atom stereocenters. The maximum absolute atomic E-state index is 12.4. The van der Waals surface area contributed by atoms with E-state index in [1.807, 2.05) is 17.2 Å². The van der Waals surface area contributed by atoms with Crippen molar-refractivity contribution in [2.45, 2.75) is 31.8 Å². The van der Waals surface area contributed by atoms with Crippen LogP contribution in [-0.4, -0.2) is 35.4 Å². The highest BCUT2D eigenvalue weighted by Gasteiger charge is 2.23. The Morgan fingerprint density at radius 2 is 2.10 bits per heavy atom. The molecule has 0 aliphatic carbocycles. The second-order valence-corrected chi connectivity index (χ2v) is 6.01. The van der Waals surface area contributed by atoms with Crippen molar-refractivity contribution in [3.63, 3.8) is 0 Å². The van der Waals surface area contributed by atoms with Gasteiger partial charge in [-0.2, -0.15) is 11.8 Å². The summed E-state index contributed by atoms with van der Waals surface area (Å²) in [5, 5.41) is 0. The molecule has 1 heterocycles. The minimum atomic E-state index is -0.349. The van der Waals surface area contributed by atoms with E-state index in [0.717, 1.165) is 31.6 Å². The number of nitrogens with zero attached hydrogens (tertiary/aromatic N) is 1. The molecule has 1 aromatic rings. The van der Waals surface area contributed by atoms with Gasteiger partial charge in [0.1, 0.15) is 0 Å². The van der Waals surface area contributed by atoms with E-state index in [4.69, 9.17) is 5.73 Å². The highest BCUT2D eigenvalue weighted by Crippen LogP contribution is 2.19. The zero-order valence-corrected chi connectivity index (χ0v) is 13.5. The molecule has 0 bridgehead atoms. The van der Waals surface area contributed by atoms with Crippen LogP contribution in [0, 0.1) is 0 Å². The first-order valence-electron chi connectivity index (χ1n) is 6.82. The van der Waals surface area contributed by atoms with E-state index in [0.29, 0.717) is 6.54 Å². The Morgan fingerprint density at radius 3 is 2.80 bits per heavy atom. The number of hydrogen-bond donors (Lipinski definition) is 1. The third-order valence-electron chi connectivity index (χ3n) is 3.62. The highest BCUT2D eigenvalue weighted by molar-refractivity contribution is 7.98. The monoisotopic (exact) mass is 314 g/mol. The van der Waals surface area contributed by atoms with Crippen LogP contribution in [0.1, 0.15) is 24.0 Å². The zero-order chi connectivity index (χ0) is 13.7. The summed E-state index contributed by atoms with van der Waals surface area (Å²) < 4.78 is 0. The number of halogens is 1. The van der Waals surface area contributed by atoms with Crippen LogP contribution < -0.4 is 5.73 Å². The molecule has 0 radical (unpaired) electrons. The number of fused-ring (bicyclic) bond motifs is 1. The first-order chi connectivity index (χ1) is 9.22. The lowest BCUT2D eigenvalue weighted by molar-refractivity contribution is -0.133. The SMILES string of the molecule is CSCCC(N)C(=O)N1CCCc2ccccc2C1.Cl. The third kappa shape index (κ3) is 4.40. The lowest BCUT2D eigenvalue weighted by Gasteiger charge is -2.24. The molecule has 112 valence electrons. The molecule has 0 aromatic heterocycles. The minimum absolute atomic E-state index is 0. The van der Waals surface area contributed by atoms with Crippen LogP contribution in [0.5, 0.6) is 0 Å². The van der Waals surface area contributed by atoms with Gasteiger partial charge in [-0.3, -0.25) is 4.79 Å². The first-order valence-corrected chi connectivity index (χ1v) is 8.22. The minimum Gasteiger partial charge on any atom is -0.337 e. The van der Waals surface area contributed by atoms with E-state index >= 15 is 0 Å². The number of carbonyl (C=O) groups is 1. The molecular formula is C15H23ClN2OS. The normalized spacial score (nSPS) is 15.8. The van der Waals surface area contributed by atoms with Crippen molar-refractivity contribution in [1.29, 1.82) is 0 Å². The fraction of sp³-hybridized carbons (Fsp3) is 0.533. The van der Waals surface area contributed by atoms with Gasteiger partial charge in [-0.1, -0.05) is 24.3 Å². The second-order valence-electron chi connectivity index (χ2n) is 5.02. The Balaban J connectivity index is 0.00000200. The van der Waals surface area contributed by atoms with Crippen LogP contribution in [0.3, 0.4) is 0 Å². The van der Waals surface area contributed by atoms with Crippen LogP contribution >= 0.6 is 24.2 Å². The average Bonchev–Trinajstić information content (AvgIpc) is 2.66. The Hall–Kier alpha value is -0.710. The summed E-state index contributed by atoms with van der Waals surface area (Å²) in [5.74, 6) is 1.04. The Kier molecular flexibility index (Phi) is 7.41. The quantitative estimate of drug-likeness (QED) is 0.928. The molecule has 1 aliphatic heterocycles. The predicted molar refractivity (Wildman–Crippen MR) is 88.4 cm³/mol. The van der Waals surface area contributed by atoms with Crippen LogP contribution in [0.25, 0.3) is 0 Å². The van der Waals surface area contributed by atoms with E-state index in [1.54, 1.807) is 11.8 Å². The average molecular weight is 315 g/mol. The number of rotatable bonds is 4. The van der Waals surface area contributed by atoms with Gasteiger partial charge in [-0.25, -0.2) is 0 Å². The smallest absolute Gasteiger partial charge is 0.239 e. The molecule has 1 amide bonds. The van der Waals surface area contributed by atoms with Gasteiger partial charge in [0.2, 0.25) is 5.91 Å². The number of aryl methyl sites for hydroxylation is 1. The Morgan fingerprint density at radius 1 is 1.40 bits per heavy atom. The fourth-order valence-electron chi connectivity index (χ4n) is 2.49. The molecule has 20 heavy (non-hydrogen) atoms. The Labute approximate surface area is 131 Å². The van der Waals surface area contributed by atoms with Crippen LogP contribution in [0.15, 0.2) is 24.3 Å². The summed E-state index contributed by atoms with van der Waals surface area (Å²) >= 11 is 1.74. The van der Waals surface area contributed by atoms with E-state index in [2.05, 4.69) is 18.2 Å². The molecule has 0 fully saturated rings. The van der Waals surface area contributed by atoms with Gasteiger partial charge in [0.25, 0.3) is 0 Å². The number of nitrogens with two attached hydrogens (primary N) is 1. The van der Waals surface area contributed by atoms with Crippen molar-refractivity contribution in [3.8, 4) is 0 Å². The zero-order valence-electron chi connectivity index (χ0n) is 11.9. The molecule has 0 saturated carbocycles. The maximum atomic E-state index is 12.4. The molecule has 3 nitrogen and oxygen atoms in total. The van der Waals surface area contributed by atoms with E-state index in [9.17, 15) is 4.79 Å². The predicted octanol–water partition coefficient (Wildman–Crippen LogP) is 2.46. The van der Waals surface area contributed by atoms with Crippen molar-refractivity contribution in [2.75, 3.05) is 18.6 Å². The van der Waals surface area contributed by atoms with Crippen molar-refractivity contribution >= 4 is 30.1 Å². The molecule has 0 saturated heterocycles. The second kappa shape index (κ2) is 8.55. The van der Waals surface area contributed by atoms with E-state index < -0.39 is 0 Å². The van der Waals surface area contributed by atoms with Crippen LogP contribution in [0.2, 0.25) is 0 Å². The molecular weight excluding hydrogens is 292 g/mol. The van der Waals surface area contributed by atoms with Crippen molar-refractivity contribution in [2.24, 2.45) is 5.73 Å². The fourth-order valence-corrected chi connectivity index (χ4v) is 2.98. The van der Waals surface area contributed by atoms with E-state index in [1.165, 1.54) is 11.1 Å². The van der Waals surface area contributed by atoms with Gasteiger partial charge < -0.3 is 10.6 Å². The summed E-state index contributed by atoms with van der Waals surface area (Å²) in [4.78, 5) is 14.3. The molecule has 1 aliphatic rings. The van der Waals surface area contributed by atoms with Crippen molar-refractivity contribution in [1.82, 2.24) is 4.90 Å². The molecule has 2 N–H and O–H groups in total. The highest BCUT2D eigenvalue weighted by atomic mass is 35.5. The Bertz CT molecular complexity index is 442. The van der Waals surface area contributed by atoms with Gasteiger partial charge in [-0.05, 0) is 42.4 Å². The number of benzene rings is 1. The number of carbonyl (C=O) groups excluding carboxylic acids is 1. The molecule has 0 spiro atoms. The first kappa shape index (κ1) is 17.3. The maximum Gasteiger partial charge on any atom is 0.239 e. The van der Waals surface area contributed by atoms with E-state index in [-0.39, 0.29) is 24.4 Å². The van der Waals surface area contributed by atoms with Gasteiger partial charge in [0, 0.05) is 13.1 Å². The summed E-state index contributed by atoms with van der Waals surface area (Å²) in [5.41, 5.74) is 8.64. The van der Waals surface area contributed by atoms with Gasteiger partial charge in [-0.15, -0.1) is 12.4 Å². The van der Waals surface area contributed by atoms with Crippen molar-refractivity contribution in [3.05, 3.63) is 35.4 Å². The standard InChI is InChI=1S/C15H22N2OS.ClH/c1-19-10-8-14(16)15(18)17-9-4-7-12-5-2-3-6-13(12)11-17;/h2-3,5-6,14H,4,7-11,16H2,1H3;1H. The van der Waals surface area contributed by atoms with Crippen LogP contribution in [0.4, 0.5) is 0 Å². The lowest BCUT2D eigenvalue weighted by atomic mass is 10.0. The van der Waals surface area contributed by atoms with Crippen LogP contribution in [-0.2, 0) is 17.8 Å².